The highest BCUT2D eigenvalue weighted by molar-refractivity contribution is 5.49. The number of carbonyl (C=O) groups is 1. The highest BCUT2D eigenvalue weighted by Gasteiger charge is 2.24. The predicted molar refractivity (Wildman–Crippen MR) is 64.4 cm³/mol. The van der Waals surface area contributed by atoms with Gasteiger partial charge in [0.05, 0.1) is 12.4 Å². The molecule has 94 valence electrons. The van der Waals surface area contributed by atoms with Crippen LogP contribution in [-0.4, -0.2) is 35.6 Å². The fourth-order valence-corrected chi connectivity index (χ4v) is 2.25. The van der Waals surface area contributed by atoms with Crippen LogP contribution in [-0.2, 0) is 9.63 Å². The summed E-state index contributed by atoms with van der Waals surface area (Å²) in [5, 5.41) is 11.4. The number of carbonyl (C=O) groups excluding carboxylic acids is 1. The first-order valence-corrected chi connectivity index (χ1v) is 6.14. The summed E-state index contributed by atoms with van der Waals surface area (Å²) < 4.78 is 0. The molecule has 0 amide bonds. The standard InChI is InChI=1S/C13H19NO3/c1-10(3-2-6-15)14-8-12-7-13(16)5-4-11(12)9-17-14/h6-7,10,16H,2-5,8-9H2,1H3. The van der Waals surface area contributed by atoms with Crippen molar-refractivity contribution in [1.29, 1.82) is 0 Å². The molecule has 0 radical (unpaired) electrons. The smallest absolute Gasteiger partial charge is 0.120 e. The van der Waals surface area contributed by atoms with Gasteiger partial charge < -0.3 is 9.90 Å². The average Bonchev–Trinajstić information content (AvgIpc) is 2.35. The van der Waals surface area contributed by atoms with E-state index in [0.717, 1.165) is 25.5 Å². The second kappa shape index (κ2) is 5.47. The zero-order chi connectivity index (χ0) is 12.3. The van der Waals surface area contributed by atoms with E-state index in [-0.39, 0.29) is 6.04 Å². The summed E-state index contributed by atoms with van der Waals surface area (Å²) in [6, 6.07) is 0.228. The Labute approximate surface area is 102 Å². The Morgan fingerprint density at radius 3 is 3.18 bits per heavy atom. The first kappa shape index (κ1) is 12.3. The minimum absolute atomic E-state index is 0.228. The van der Waals surface area contributed by atoms with Gasteiger partial charge in [0.25, 0.3) is 0 Å². The van der Waals surface area contributed by atoms with Crippen LogP contribution in [0.3, 0.4) is 0 Å². The van der Waals surface area contributed by atoms with Crippen LogP contribution < -0.4 is 0 Å². The molecule has 4 nitrogen and oxygen atoms in total. The lowest BCUT2D eigenvalue weighted by Crippen LogP contribution is -2.39. The number of hydrogen-bond acceptors (Lipinski definition) is 4. The molecule has 0 aromatic carbocycles. The van der Waals surface area contributed by atoms with E-state index in [4.69, 9.17) is 4.84 Å². The van der Waals surface area contributed by atoms with Crippen LogP contribution in [0.1, 0.15) is 32.6 Å². The summed E-state index contributed by atoms with van der Waals surface area (Å²) >= 11 is 0. The first-order valence-electron chi connectivity index (χ1n) is 6.14. The molecular formula is C13H19NO3. The van der Waals surface area contributed by atoms with Crippen LogP contribution >= 0.6 is 0 Å². The molecule has 0 bridgehead atoms. The van der Waals surface area contributed by atoms with Gasteiger partial charge in [0.2, 0.25) is 0 Å². The molecular weight excluding hydrogens is 218 g/mol. The maximum atomic E-state index is 10.4. The average molecular weight is 237 g/mol. The minimum atomic E-state index is 0.228. The Bertz CT molecular complexity index is 360. The third-order valence-electron chi connectivity index (χ3n) is 3.40. The van der Waals surface area contributed by atoms with Crippen LogP contribution in [0.15, 0.2) is 23.0 Å². The number of allylic oxidation sites excluding steroid dienone is 1. The maximum absolute atomic E-state index is 10.4. The Morgan fingerprint density at radius 2 is 2.41 bits per heavy atom. The van der Waals surface area contributed by atoms with Crippen molar-refractivity contribution in [3.63, 3.8) is 0 Å². The topological polar surface area (TPSA) is 49.8 Å². The Kier molecular flexibility index (Phi) is 3.97. The Hall–Kier alpha value is -1.13. The molecule has 0 spiro atoms. The zero-order valence-electron chi connectivity index (χ0n) is 10.2. The van der Waals surface area contributed by atoms with Crippen molar-refractivity contribution in [2.75, 3.05) is 13.2 Å². The van der Waals surface area contributed by atoms with E-state index in [1.807, 2.05) is 11.1 Å². The van der Waals surface area contributed by atoms with Crippen molar-refractivity contribution in [2.45, 2.75) is 38.6 Å². The van der Waals surface area contributed by atoms with Crippen molar-refractivity contribution in [2.24, 2.45) is 0 Å². The number of nitrogens with zero attached hydrogens (tertiary/aromatic N) is 1. The molecule has 1 heterocycles. The molecule has 1 aliphatic carbocycles. The van der Waals surface area contributed by atoms with E-state index in [2.05, 4.69) is 6.92 Å². The van der Waals surface area contributed by atoms with Crippen molar-refractivity contribution in [1.82, 2.24) is 5.06 Å². The van der Waals surface area contributed by atoms with Crippen LogP contribution in [0.4, 0.5) is 0 Å². The van der Waals surface area contributed by atoms with Gasteiger partial charge in [-0.25, -0.2) is 0 Å². The number of hydroxylamine groups is 2. The zero-order valence-corrected chi connectivity index (χ0v) is 10.2. The van der Waals surface area contributed by atoms with Crippen molar-refractivity contribution < 1.29 is 14.7 Å². The van der Waals surface area contributed by atoms with Gasteiger partial charge in [0.15, 0.2) is 0 Å². The molecule has 1 N–H and O–H groups in total. The molecule has 4 heteroatoms. The maximum Gasteiger partial charge on any atom is 0.120 e. The normalized spacial score (nSPS) is 23.0. The fraction of sp³-hybridized carbons (Fsp3) is 0.615. The molecule has 0 aromatic heterocycles. The van der Waals surface area contributed by atoms with Crippen molar-refractivity contribution in [3.05, 3.63) is 23.0 Å². The van der Waals surface area contributed by atoms with Gasteiger partial charge in [-0.3, -0.25) is 4.84 Å². The molecule has 17 heavy (non-hydrogen) atoms. The monoisotopic (exact) mass is 237 g/mol. The summed E-state index contributed by atoms with van der Waals surface area (Å²) in [6.07, 6.45) is 5.80. The lowest BCUT2D eigenvalue weighted by Gasteiger charge is -2.34. The summed E-state index contributed by atoms with van der Waals surface area (Å²) in [7, 11) is 0. The van der Waals surface area contributed by atoms with E-state index in [9.17, 15) is 9.90 Å². The molecule has 2 rings (SSSR count). The molecule has 1 unspecified atom stereocenters. The van der Waals surface area contributed by atoms with Crippen LogP contribution in [0.2, 0.25) is 0 Å². The van der Waals surface area contributed by atoms with E-state index in [0.29, 0.717) is 25.3 Å². The molecule has 0 saturated carbocycles. The lowest BCUT2D eigenvalue weighted by molar-refractivity contribution is -0.178. The summed E-state index contributed by atoms with van der Waals surface area (Å²) in [4.78, 5) is 16.0. The third-order valence-corrected chi connectivity index (χ3v) is 3.40. The predicted octanol–water partition coefficient (Wildman–Crippen LogP) is 2.13. The first-order chi connectivity index (χ1) is 8.20. The molecule has 2 aliphatic rings. The quantitative estimate of drug-likeness (QED) is 0.761. The van der Waals surface area contributed by atoms with Crippen LogP contribution in [0.25, 0.3) is 0 Å². The minimum Gasteiger partial charge on any atom is -0.512 e. The van der Waals surface area contributed by atoms with Crippen LogP contribution in [0, 0.1) is 0 Å². The van der Waals surface area contributed by atoms with E-state index >= 15 is 0 Å². The molecule has 1 atom stereocenters. The van der Waals surface area contributed by atoms with Gasteiger partial charge in [0, 0.05) is 25.4 Å². The van der Waals surface area contributed by atoms with E-state index in [1.165, 1.54) is 11.1 Å². The van der Waals surface area contributed by atoms with Crippen molar-refractivity contribution in [3.8, 4) is 0 Å². The van der Waals surface area contributed by atoms with Crippen LogP contribution in [0.5, 0.6) is 0 Å². The van der Waals surface area contributed by atoms with Gasteiger partial charge in [-0.05, 0) is 37.0 Å². The van der Waals surface area contributed by atoms with E-state index in [1.54, 1.807) is 0 Å². The van der Waals surface area contributed by atoms with Gasteiger partial charge in [-0.1, -0.05) is 0 Å². The van der Waals surface area contributed by atoms with Gasteiger partial charge >= 0.3 is 0 Å². The Balaban J connectivity index is 1.98. The Morgan fingerprint density at radius 1 is 1.59 bits per heavy atom. The highest BCUT2D eigenvalue weighted by atomic mass is 16.7. The molecule has 0 saturated heterocycles. The molecule has 0 aromatic rings. The lowest BCUT2D eigenvalue weighted by atomic mass is 9.95. The third kappa shape index (κ3) is 2.96. The fourth-order valence-electron chi connectivity index (χ4n) is 2.25. The second-order valence-corrected chi connectivity index (χ2v) is 4.71. The largest absolute Gasteiger partial charge is 0.512 e. The van der Waals surface area contributed by atoms with Gasteiger partial charge in [-0.15, -0.1) is 0 Å². The number of aldehydes is 1. The summed E-state index contributed by atoms with van der Waals surface area (Å²) in [6.45, 7) is 3.38. The van der Waals surface area contributed by atoms with E-state index < -0.39 is 0 Å². The molecule has 1 aliphatic heterocycles. The number of aliphatic hydroxyl groups excluding tert-OH is 1. The summed E-state index contributed by atoms with van der Waals surface area (Å²) in [5.74, 6) is 0.464. The second-order valence-electron chi connectivity index (χ2n) is 4.71. The van der Waals surface area contributed by atoms with Crippen molar-refractivity contribution >= 4 is 6.29 Å². The number of rotatable bonds is 4. The number of aliphatic hydroxyl groups is 1. The van der Waals surface area contributed by atoms with Gasteiger partial charge in [0.1, 0.15) is 6.29 Å². The number of hydrogen-bond donors (Lipinski definition) is 1. The molecule has 0 fully saturated rings. The summed E-state index contributed by atoms with van der Waals surface area (Å²) in [5.41, 5.74) is 2.47. The highest BCUT2D eigenvalue weighted by Crippen LogP contribution is 2.28. The SMILES string of the molecule is CC(CCC=O)N1CC2=C(CCC(O)=C2)CO1. The van der Waals surface area contributed by atoms with Gasteiger partial charge in [-0.2, -0.15) is 5.06 Å².